The molecule has 0 bridgehead atoms. The van der Waals surface area contributed by atoms with E-state index in [0.29, 0.717) is 31.3 Å². The maximum absolute atomic E-state index is 11.5. The molecule has 1 aliphatic heterocycles. The maximum Gasteiger partial charge on any atom is 0.238 e. The summed E-state index contributed by atoms with van der Waals surface area (Å²) >= 11 is 0. The van der Waals surface area contributed by atoms with E-state index in [1.807, 2.05) is 54.6 Å². The first kappa shape index (κ1) is 22.2. The molecule has 2 heterocycles. The quantitative estimate of drug-likeness (QED) is 0.546. The Morgan fingerprint density at radius 2 is 1.85 bits per heavy atom. The van der Waals surface area contributed by atoms with Crippen LogP contribution in [0.2, 0.25) is 0 Å². The third kappa shape index (κ3) is 6.04. The first-order chi connectivity index (χ1) is 16.2. The second-order valence-electron chi connectivity index (χ2n) is 7.41. The topological polar surface area (TPSA) is 106 Å². The largest absolute Gasteiger partial charge is 0.379 e. The molecule has 1 amide bonds. The van der Waals surface area contributed by atoms with Crippen LogP contribution >= 0.6 is 0 Å². The van der Waals surface area contributed by atoms with Crippen LogP contribution in [0.15, 0.2) is 67.0 Å². The zero-order chi connectivity index (χ0) is 22.9. The number of ether oxygens (including phenoxy) is 1. The van der Waals surface area contributed by atoms with Crippen molar-refractivity contribution < 1.29 is 9.53 Å². The van der Waals surface area contributed by atoms with Gasteiger partial charge in [-0.1, -0.05) is 30.3 Å². The zero-order valence-electron chi connectivity index (χ0n) is 18.1. The average molecular weight is 444 g/mol. The molecule has 0 spiro atoms. The van der Waals surface area contributed by atoms with Crippen molar-refractivity contribution in [2.24, 2.45) is 0 Å². The standard InChI is InChI=1S/C24H25N7O2/c25-11-10-24(32)29-20-8-6-19(7-9-20)17-26-22-16-23(28-18-27-22)31(21-4-2-1-3-5-21)30-12-14-33-15-13-30/h1-9,16,18H,10,12-15,17H2,(H,29,32)(H,26,27,28). The minimum absolute atomic E-state index is 0.163. The number of morpholine rings is 1. The Bertz CT molecular complexity index is 1090. The van der Waals surface area contributed by atoms with Crippen LogP contribution in [0.3, 0.4) is 0 Å². The molecule has 4 rings (SSSR count). The highest BCUT2D eigenvalue weighted by Crippen LogP contribution is 2.27. The van der Waals surface area contributed by atoms with E-state index in [1.165, 1.54) is 0 Å². The van der Waals surface area contributed by atoms with E-state index in [-0.39, 0.29) is 12.3 Å². The lowest BCUT2D eigenvalue weighted by Gasteiger charge is -2.38. The van der Waals surface area contributed by atoms with Crippen LogP contribution in [0.25, 0.3) is 0 Å². The Morgan fingerprint density at radius 1 is 1.09 bits per heavy atom. The zero-order valence-corrected chi connectivity index (χ0v) is 18.1. The monoisotopic (exact) mass is 443 g/mol. The third-order valence-electron chi connectivity index (χ3n) is 5.09. The molecule has 1 aliphatic rings. The Labute approximate surface area is 192 Å². The molecule has 3 aromatic rings. The molecule has 1 fully saturated rings. The van der Waals surface area contributed by atoms with Crippen molar-refractivity contribution in [2.45, 2.75) is 13.0 Å². The van der Waals surface area contributed by atoms with Crippen LogP contribution in [0, 0.1) is 11.3 Å². The first-order valence-electron chi connectivity index (χ1n) is 10.7. The van der Waals surface area contributed by atoms with Gasteiger partial charge < -0.3 is 15.4 Å². The molecule has 168 valence electrons. The van der Waals surface area contributed by atoms with Gasteiger partial charge in [0.25, 0.3) is 0 Å². The summed E-state index contributed by atoms with van der Waals surface area (Å²) < 4.78 is 5.52. The minimum Gasteiger partial charge on any atom is -0.379 e. The fraction of sp³-hybridized carbons (Fsp3) is 0.250. The molecule has 2 aromatic carbocycles. The van der Waals surface area contributed by atoms with Gasteiger partial charge in [0.1, 0.15) is 18.6 Å². The lowest BCUT2D eigenvalue weighted by Crippen LogP contribution is -2.46. The van der Waals surface area contributed by atoms with Gasteiger partial charge in [0.05, 0.1) is 25.0 Å². The molecule has 0 atom stereocenters. The van der Waals surface area contributed by atoms with Crippen LogP contribution in [-0.4, -0.2) is 47.2 Å². The van der Waals surface area contributed by atoms with Gasteiger partial charge in [0, 0.05) is 31.4 Å². The van der Waals surface area contributed by atoms with E-state index in [0.717, 1.165) is 30.2 Å². The summed E-state index contributed by atoms with van der Waals surface area (Å²) in [6, 6.07) is 21.4. The Kier molecular flexibility index (Phi) is 7.43. The molecular weight excluding hydrogens is 418 g/mol. The third-order valence-corrected chi connectivity index (χ3v) is 5.09. The van der Waals surface area contributed by atoms with E-state index in [1.54, 1.807) is 6.33 Å². The summed E-state index contributed by atoms with van der Waals surface area (Å²) in [6.45, 7) is 3.46. The fourth-order valence-corrected chi connectivity index (χ4v) is 3.50. The number of benzene rings is 2. The van der Waals surface area contributed by atoms with Gasteiger partial charge in [-0.3, -0.25) is 9.80 Å². The lowest BCUT2D eigenvalue weighted by molar-refractivity contribution is -0.115. The van der Waals surface area contributed by atoms with E-state index in [9.17, 15) is 4.79 Å². The maximum atomic E-state index is 11.5. The summed E-state index contributed by atoms with van der Waals surface area (Å²) in [7, 11) is 0. The molecule has 1 saturated heterocycles. The van der Waals surface area contributed by atoms with Crippen LogP contribution in [0.1, 0.15) is 12.0 Å². The van der Waals surface area contributed by atoms with Crippen molar-refractivity contribution in [1.82, 2.24) is 15.0 Å². The second-order valence-corrected chi connectivity index (χ2v) is 7.41. The van der Waals surface area contributed by atoms with Gasteiger partial charge in [0.2, 0.25) is 5.91 Å². The van der Waals surface area contributed by atoms with Gasteiger partial charge in [-0.2, -0.15) is 5.26 Å². The number of aromatic nitrogens is 2. The predicted molar refractivity (Wildman–Crippen MR) is 126 cm³/mol. The summed E-state index contributed by atoms with van der Waals surface area (Å²) in [5.74, 6) is 1.16. The van der Waals surface area contributed by atoms with Gasteiger partial charge in [-0.05, 0) is 29.8 Å². The van der Waals surface area contributed by atoms with Gasteiger partial charge in [-0.25, -0.2) is 15.0 Å². The number of hydrazine groups is 1. The van der Waals surface area contributed by atoms with Crippen LogP contribution in [0.4, 0.5) is 23.0 Å². The Morgan fingerprint density at radius 3 is 2.58 bits per heavy atom. The number of hydrogen-bond donors (Lipinski definition) is 2. The number of rotatable bonds is 8. The summed E-state index contributed by atoms with van der Waals surface area (Å²) in [5.41, 5.74) is 2.71. The molecule has 0 saturated carbocycles. The van der Waals surface area contributed by atoms with Crippen molar-refractivity contribution in [3.8, 4) is 6.07 Å². The Balaban J connectivity index is 1.45. The highest BCUT2D eigenvalue weighted by atomic mass is 16.5. The molecular formula is C24H25N7O2. The van der Waals surface area contributed by atoms with E-state index < -0.39 is 0 Å². The summed E-state index contributed by atoms with van der Waals surface area (Å²) in [5, 5.41) is 18.9. The van der Waals surface area contributed by atoms with Crippen LogP contribution in [-0.2, 0) is 16.1 Å². The lowest BCUT2D eigenvalue weighted by atomic mass is 10.2. The fourth-order valence-electron chi connectivity index (χ4n) is 3.50. The molecule has 0 radical (unpaired) electrons. The number of nitriles is 1. The number of nitrogens with one attached hydrogen (secondary N) is 2. The molecule has 33 heavy (non-hydrogen) atoms. The van der Waals surface area contributed by atoms with Crippen LogP contribution in [0.5, 0.6) is 0 Å². The number of hydrogen-bond acceptors (Lipinski definition) is 8. The van der Waals surface area contributed by atoms with E-state index >= 15 is 0 Å². The predicted octanol–water partition coefficient (Wildman–Crippen LogP) is 3.33. The summed E-state index contributed by atoms with van der Waals surface area (Å²) in [6.07, 6.45) is 1.39. The van der Waals surface area contributed by atoms with Gasteiger partial charge >= 0.3 is 0 Å². The molecule has 0 aliphatic carbocycles. The number of carbonyl (C=O) groups is 1. The summed E-state index contributed by atoms with van der Waals surface area (Å²) in [4.78, 5) is 20.4. The normalized spacial score (nSPS) is 13.7. The number of carbonyl (C=O) groups excluding carboxylic acids is 1. The molecule has 9 heteroatoms. The number of para-hydroxylation sites is 1. The highest BCUT2D eigenvalue weighted by Gasteiger charge is 2.22. The molecule has 9 nitrogen and oxygen atoms in total. The number of nitrogens with zero attached hydrogens (tertiary/aromatic N) is 5. The number of anilines is 4. The minimum atomic E-state index is -0.319. The Hall–Kier alpha value is -4.00. The van der Waals surface area contributed by atoms with Gasteiger partial charge in [-0.15, -0.1) is 0 Å². The van der Waals surface area contributed by atoms with Crippen molar-refractivity contribution in [2.75, 3.05) is 41.9 Å². The molecule has 2 N–H and O–H groups in total. The molecule has 1 aromatic heterocycles. The number of amides is 1. The smallest absolute Gasteiger partial charge is 0.238 e. The van der Waals surface area contributed by atoms with E-state index in [2.05, 4.69) is 42.8 Å². The average Bonchev–Trinajstić information content (AvgIpc) is 2.86. The van der Waals surface area contributed by atoms with E-state index in [4.69, 9.17) is 10.00 Å². The van der Waals surface area contributed by atoms with Gasteiger partial charge in [0.15, 0.2) is 5.82 Å². The highest BCUT2D eigenvalue weighted by molar-refractivity contribution is 5.92. The molecule has 0 unspecified atom stereocenters. The van der Waals surface area contributed by atoms with Crippen molar-refractivity contribution in [3.63, 3.8) is 0 Å². The van der Waals surface area contributed by atoms with Crippen molar-refractivity contribution in [1.29, 1.82) is 5.26 Å². The van der Waals surface area contributed by atoms with Crippen molar-refractivity contribution in [3.05, 3.63) is 72.6 Å². The van der Waals surface area contributed by atoms with Crippen LogP contribution < -0.4 is 15.6 Å². The SMILES string of the molecule is N#CCC(=O)Nc1ccc(CNc2cc(N(c3ccccc3)N3CCOCC3)ncn2)cc1. The van der Waals surface area contributed by atoms with Crippen molar-refractivity contribution >= 4 is 28.9 Å². The second kappa shape index (κ2) is 11.0. The first-order valence-corrected chi connectivity index (χ1v) is 10.7.